The summed E-state index contributed by atoms with van der Waals surface area (Å²) in [7, 11) is -3.51. The Hall–Kier alpha value is -1.66. The van der Waals surface area contributed by atoms with E-state index >= 15 is 0 Å². The third kappa shape index (κ3) is 2.73. The van der Waals surface area contributed by atoms with Crippen LogP contribution in [-0.2, 0) is 29.4 Å². The summed E-state index contributed by atoms with van der Waals surface area (Å²) in [6.45, 7) is 3.77. The number of nitrogens with one attached hydrogen (secondary N) is 1. The predicted molar refractivity (Wildman–Crippen MR) is 78.5 cm³/mol. The van der Waals surface area contributed by atoms with E-state index in [2.05, 4.69) is 9.88 Å². The predicted octanol–water partition coefficient (Wildman–Crippen LogP) is 2.26. The van der Waals surface area contributed by atoms with Crippen molar-refractivity contribution in [1.29, 1.82) is 0 Å². The highest BCUT2D eigenvalue weighted by Crippen LogP contribution is 2.24. The summed E-state index contributed by atoms with van der Waals surface area (Å²) < 4.78 is 32.4. The van der Waals surface area contributed by atoms with E-state index in [-0.39, 0.29) is 6.54 Å². The number of hydrogen-bond acceptors (Lipinski definition) is 4. The van der Waals surface area contributed by atoms with Crippen molar-refractivity contribution in [2.24, 2.45) is 0 Å². The van der Waals surface area contributed by atoms with E-state index < -0.39 is 10.0 Å². The lowest BCUT2D eigenvalue weighted by Gasteiger charge is -2.08. The summed E-state index contributed by atoms with van der Waals surface area (Å²) in [6, 6.07) is 5.39. The molecule has 3 rings (SSSR count). The lowest BCUT2D eigenvalue weighted by molar-refractivity contribution is 0.392. The second-order valence-corrected chi connectivity index (χ2v) is 7.18. The molecule has 112 valence electrons. The molecular weight excluding hydrogens is 288 g/mol. The standard InChI is InChI=1S/C15H18N2O3S/c1-10-15(11(2)20-17-10)9-16-21(18,19)14-7-6-12-4-3-5-13(12)8-14/h6-8,16H,3-5,9H2,1-2H3. The fourth-order valence-corrected chi connectivity index (χ4v) is 3.77. The number of aromatic nitrogens is 1. The molecular formula is C15H18N2O3S. The largest absolute Gasteiger partial charge is 0.361 e. The van der Waals surface area contributed by atoms with Crippen molar-refractivity contribution in [2.75, 3.05) is 0 Å². The first-order valence-electron chi connectivity index (χ1n) is 7.00. The zero-order valence-electron chi connectivity index (χ0n) is 12.1. The van der Waals surface area contributed by atoms with Crippen LogP contribution in [0.4, 0.5) is 0 Å². The van der Waals surface area contributed by atoms with Gasteiger partial charge >= 0.3 is 0 Å². The third-order valence-electron chi connectivity index (χ3n) is 4.00. The molecule has 0 bridgehead atoms. The van der Waals surface area contributed by atoms with Crippen molar-refractivity contribution in [3.8, 4) is 0 Å². The van der Waals surface area contributed by atoms with E-state index in [1.807, 2.05) is 6.07 Å². The van der Waals surface area contributed by atoms with Gasteiger partial charge < -0.3 is 4.52 Å². The van der Waals surface area contributed by atoms with Crippen molar-refractivity contribution in [2.45, 2.75) is 44.6 Å². The summed E-state index contributed by atoms with van der Waals surface area (Å²) in [5, 5.41) is 3.83. The lowest BCUT2D eigenvalue weighted by Crippen LogP contribution is -2.23. The van der Waals surface area contributed by atoms with Gasteiger partial charge in [-0.05, 0) is 56.4 Å². The van der Waals surface area contributed by atoms with E-state index in [9.17, 15) is 8.42 Å². The molecule has 1 heterocycles. The molecule has 1 aromatic carbocycles. The molecule has 0 spiro atoms. The van der Waals surface area contributed by atoms with Gasteiger partial charge in [-0.1, -0.05) is 11.2 Å². The lowest BCUT2D eigenvalue weighted by atomic mass is 10.1. The van der Waals surface area contributed by atoms with Gasteiger partial charge in [0.1, 0.15) is 5.76 Å². The van der Waals surface area contributed by atoms with E-state index in [0.717, 1.165) is 30.4 Å². The van der Waals surface area contributed by atoms with E-state index in [4.69, 9.17) is 4.52 Å². The first-order chi connectivity index (χ1) is 9.97. The molecule has 0 fully saturated rings. The highest BCUT2D eigenvalue weighted by molar-refractivity contribution is 7.89. The minimum absolute atomic E-state index is 0.195. The first kappa shape index (κ1) is 14.3. The van der Waals surface area contributed by atoms with Crippen molar-refractivity contribution in [3.63, 3.8) is 0 Å². The summed E-state index contributed by atoms with van der Waals surface area (Å²) in [5.41, 5.74) is 3.92. The zero-order valence-corrected chi connectivity index (χ0v) is 13.0. The van der Waals surface area contributed by atoms with Crippen molar-refractivity contribution in [3.05, 3.63) is 46.3 Å². The molecule has 0 saturated carbocycles. The van der Waals surface area contributed by atoms with Gasteiger partial charge in [0.25, 0.3) is 0 Å². The van der Waals surface area contributed by atoms with Gasteiger partial charge in [-0.25, -0.2) is 13.1 Å². The molecule has 0 amide bonds. The van der Waals surface area contributed by atoms with Crippen LogP contribution < -0.4 is 4.72 Å². The molecule has 21 heavy (non-hydrogen) atoms. The van der Waals surface area contributed by atoms with Crippen LogP contribution in [0.25, 0.3) is 0 Å². The Morgan fingerprint density at radius 3 is 2.71 bits per heavy atom. The number of sulfonamides is 1. The summed E-state index contributed by atoms with van der Waals surface area (Å²) in [5.74, 6) is 0.643. The highest BCUT2D eigenvalue weighted by atomic mass is 32.2. The highest BCUT2D eigenvalue weighted by Gasteiger charge is 2.19. The van der Waals surface area contributed by atoms with Gasteiger partial charge in [0, 0.05) is 12.1 Å². The Bertz CT molecular complexity index is 759. The normalized spacial score (nSPS) is 14.4. The number of fused-ring (bicyclic) bond motifs is 1. The Balaban J connectivity index is 1.81. The van der Waals surface area contributed by atoms with Crippen LogP contribution in [0, 0.1) is 13.8 Å². The smallest absolute Gasteiger partial charge is 0.240 e. The van der Waals surface area contributed by atoms with E-state index in [0.29, 0.717) is 16.3 Å². The summed E-state index contributed by atoms with van der Waals surface area (Å²) >= 11 is 0. The molecule has 2 aromatic rings. The van der Waals surface area contributed by atoms with Crippen LogP contribution in [0.3, 0.4) is 0 Å². The van der Waals surface area contributed by atoms with Gasteiger partial charge in [-0.15, -0.1) is 0 Å². The summed E-state index contributed by atoms with van der Waals surface area (Å²) in [4.78, 5) is 0.329. The number of aryl methyl sites for hydroxylation is 4. The molecule has 0 aliphatic heterocycles. The Labute approximate surface area is 124 Å². The van der Waals surface area contributed by atoms with Crippen LogP contribution in [0.5, 0.6) is 0 Å². The van der Waals surface area contributed by atoms with Crippen molar-refractivity contribution < 1.29 is 12.9 Å². The van der Waals surface area contributed by atoms with Gasteiger partial charge in [0.05, 0.1) is 10.6 Å². The zero-order chi connectivity index (χ0) is 15.0. The Kier molecular flexibility index (Phi) is 3.59. The quantitative estimate of drug-likeness (QED) is 0.940. The molecule has 1 aliphatic rings. The van der Waals surface area contributed by atoms with Crippen LogP contribution in [0.2, 0.25) is 0 Å². The topological polar surface area (TPSA) is 72.2 Å². The molecule has 6 heteroatoms. The molecule has 5 nitrogen and oxygen atoms in total. The molecule has 0 atom stereocenters. The van der Waals surface area contributed by atoms with Gasteiger partial charge in [-0.2, -0.15) is 0 Å². The van der Waals surface area contributed by atoms with Crippen LogP contribution in [-0.4, -0.2) is 13.6 Å². The van der Waals surface area contributed by atoms with E-state index in [1.54, 1.807) is 26.0 Å². The average Bonchev–Trinajstić information content (AvgIpc) is 3.03. The molecule has 1 aromatic heterocycles. The maximum absolute atomic E-state index is 12.4. The minimum atomic E-state index is -3.51. The summed E-state index contributed by atoms with van der Waals surface area (Å²) in [6.07, 6.45) is 3.11. The monoisotopic (exact) mass is 306 g/mol. The van der Waals surface area contributed by atoms with Gasteiger partial charge in [0.2, 0.25) is 10.0 Å². The molecule has 1 N–H and O–H groups in total. The van der Waals surface area contributed by atoms with Crippen LogP contribution in [0.15, 0.2) is 27.6 Å². The Morgan fingerprint density at radius 1 is 1.24 bits per heavy atom. The number of benzene rings is 1. The maximum Gasteiger partial charge on any atom is 0.240 e. The number of hydrogen-bond donors (Lipinski definition) is 1. The SMILES string of the molecule is Cc1noc(C)c1CNS(=O)(=O)c1ccc2c(c1)CCC2. The fraction of sp³-hybridized carbons (Fsp3) is 0.400. The molecule has 0 unspecified atom stereocenters. The first-order valence-corrected chi connectivity index (χ1v) is 8.49. The molecule has 0 saturated heterocycles. The van der Waals surface area contributed by atoms with Gasteiger partial charge in [-0.3, -0.25) is 0 Å². The van der Waals surface area contributed by atoms with Crippen LogP contribution >= 0.6 is 0 Å². The van der Waals surface area contributed by atoms with E-state index in [1.165, 1.54) is 5.56 Å². The van der Waals surface area contributed by atoms with Crippen molar-refractivity contribution in [1.82, 2.24) is 9.88 Å². The second kappa shape index (κ2) is 5.27. The maximum atomic E-state index is 12.4. The van der Waals surface area contributed by atoms with Crippen LogP contribution in [0.1, 0.15) is 34.6 Å². The number of rotatable bonds is 4. The van der Waals surface area contributed by atoms with Gasteiger partial charge in [0.15, 0.2) is 0 Å². The Morgan fingerprint density at radius 2 is 2.00 bits per heavy atom. The van der Waals surface area contributed by atoms with Crippen molar-refractivity contribution >= 4 is 10.0 Å². The fourth-order valence-electron chi connectivity index (χ4n) is 2.72. The third-order valence-corrected chi connectivity index (χ3v) is 5.40. The minimum Gasteiger partial charge on any atom is -0.361 e. The second-order valence-electron chi connectivity index (χ2n) is 5.41. The number of nitrogens with zero attached hydrogens (tertiary/aromatic N) is 1. The average molecular weight is 306 g/mol. The molecule has 1 aliphatic carbocycles. The molecule has 0 radical (unpaired) electrons.